The molecule has 0 spiro atoms. The smallest absolute Gasteiger partial charge is 0.272 e. The summed E-state index contributed by atoms with van der Waals surface area (Å²) in [7, 11) is 0. The summed E-state index contributed by atoms with van der Waals surface area (Å²) in [5.74, 6) is 0.471. The highest BCUT2D eigenvalue weighted by atomic mass is 32.2. The first-order chi connectivity index (χ1) is 13.0. The number of nitro benzene ring substituents is 1. The van der Waals surface area contributed by atoms with Gasteiger partial charge < -0.3 is 10.1 Å². The Labute approximate surface area is 160 Å². The van der Waals surface area contributed by atoms with E-state index in [4.69, 9.17) is 4.74 Å². The van der Waals surface area contributed by atoms with Crippen LogP contribution in [0.25, 0.3) is 6.08 Å². The van der Waals surface area contributed by atoms with E-state index in [-0.39, 0.29) is 11.6 Å². The highest BCUT2D eigenvalue weighted by Gasteiger charge is 2.24. The Morgan fingerprint density at radius 1 is 1.26 bits per heavy atom. The van der Waals surface area contributed by atoms with Gasteiger partial charge in [0.05, 0.1) is 22.1 Å². The van der Waals surface area contributed by atoms with Gasteiger partial charge in [-0.3, -0.25) is 14.9 Å². The monoisotopic (exact) mass is 383 g/mol. The van der Waals surface area contributed by atoms with Crippen molar-refractivity contribution in [3.63, 3.8) is 0 Å². The number of amidine groups is 1. The summed E-state index contributed by atoms with van der Waals surface area (Å²) < 4.78 is 5.39. The Kier molecular flexibility index (Phi) is 5.56. The van der Waals surface area contributed by atoms with Crippen molar-refractivity contribution < 1.29 is 14.5 Å². The molecule has 8 heteroatoms. The lowest BCUT2D eigenvalue weighted by Gasteiger charge is -2.02. The van der Waals surface area contributed by atoms with Crippen LogP contribution in [-0.2, 0) is 4.79 Å². The number of hydrogen-bond acceptors (Lipinski definition) is 6. The molecular weight excluding hydrogens is 366 g/mol. The normalized spacial score (nSPS) is 16.6. The molecule has 0 saturated carbocycles. The lowest BCUT2D eigenvalue weighted by molar-refractivity contribution is -0.385. The van der Waals surface area contributed by atoms with E-state index in [0.29, 0.717) is 33.5 Å². The largest absolute Gasteiger partial charge is 0.494 e. The third-order valence-electron chi connectivity index (χ3n) is 3.76. The zero-order valence-electron chi connectivity index (χ0n) is 14.8. The van der Waals surface area contributed by atoms with Crippen molar-refractivity contribution in [3.8, 4) is 5.75 Å². The molecular formula is C19H17N3O4S. The van der Waals surface area contributed by atoms with Crippen molar-refractivity contribution in [1.82, 2.24) is 5.32 Å². The van der Waals surface area contributed by atoms with E-state index in [2.05, 4.69) is 10.3 Å². The summed E-state index contributed by atoms with van der Waals surface area (Å²) in [6.07, 6.45) is 1.62. The van der Waals surface area contributed by atoms with Gasteiger partial charge in [0.1, 0.15) is 5.75 Å². The molecule has 1 amide bonds. The number of hydrogen-bond donors (Lipinski definition) is 1. The van der Waals surface area contributed by atoms with Crippen molar-refractivity contribution in [1.29, 1.82) is 0 Å². The molecule has 1 heterocycles. The van der Waals surface area contributed by atoms with Gasteiger partial charge in [-0.1, -0.05) is 12.1 Å². The third-order valence-corrected chi connectivity index (χ3v) is 4.67. The number of thioether (sulfide) groups is 1. The van der Waals surface area contributed by atoms with E-state index in [0.717, 1.165) is 5.75 Å². The molecule has 3 rings (SSSR count). The van der Waals surface area contributed by atoms with Gasteiger partial charge in [-0.25, -0.2) is 4.99 Å². The summed E-state index contributed by atoms with van der Waals surface area (Å²) >= 11 is 1.19. The molecule has 1 aliphatic rings. The predicted molar refractivity (Wildman–Crippen MR) is 106 cm³/mol. The minimum Gasteiger partial charge on any atom is -0.494 e. The summed E-state index contributed by atoms with van der Waals surface area (Å²) in [6.45, 7) is 4.17. The molecule has 7 nitrogen and oxygen atoms in total. The predicted octanol–water partition coefficient (Wildman–Crippen LogP) is 4.19. The fraction of sp³-hybridized carbons (Fsp3) is 0.158. The molecule has 0 atom stereocenters. The minimum absolute atomic E-state index is 0.0241. The van der Waals surface area contributed by atoms with Crippen LogP contribution in [0.5, 0.6) is 5.75 Å². The van der Waals surface area contributed by atoms with Crippen molar-refractivity contribution >= 4 is 40.3 Å². The van der Waals surface area contributed by atoms with Crippen LogP contribution in [0.15, 0.2) is 52.4 Å². The van der Waals surface area contributed by atoms with E-state index in [9.17, 15) is 14.9 Å². The molecule has 1 aliphatic heterocycles. The number of nitrogens with zero attached hydrogens (tertiary/aromatic N) is 2. The first-order valence-corrected chi connectivity index (χ1v) is 9.05. The number of nitro groups is 1. The van der Waals surface area contributed by atoms with Crippen molar-refractivity contribution in [2.24, 2.45) is 4.99 Å². The number of ether oxygens (including phenoxy) is 1. The topological polar surface area (TPSA) is 93.8 Å². The second kappa shape index (κ2) is 8.05. The Bertz CT molecular complexity index is 952. The Hall–Kier alpha value is -3.13. The lowest BCUT2D eigenvalue weighted by atomic mass is 10.1. The molecule has 27 heavy (non-hydrogen) atoms. The number of benzene rings is 2. The molecule has 2 aromatic rings. The van der Waals surface area contributed by atoms with Crippen LogP contribution >= 0.6 is 11.8 Å². The first kappa shape index (κ1) is 18.7. The van der Waals surface area contributed by atoms with Crippen molar-refractivity contribution in [2.45, 2.75) is 13.8 Å². The Balaban J connectivity index is 1.80. The van der Waals surface area contributed by atoms with Gasteiger partial charge in [0, 0.05) is 11.6 Å². The van der Waals surface area contributed by atoms with Gasteiger partial charge >= 0.3 is 0 Å². The summed E-state index contributed by atoms with van der Waals surface area (Å²) in [5.41, 5.74) is 1.88. The molecule has 0 bridgehead atoms. The summed E-state index contributed by atoms with van der Waals surface area (Å²) in [5, 5.41) is 14.2. The minimum atomic E-state index is -0.433. The van der Waals surface area contributed by atoms with Gasteiger partial charge in [0.15, 0.2) is 5.17 Å². The van der Waals surface area contributed by atoms with Crippen LogP contribution < -0.4 is 10.1 Å². The standard InChI is InChI=1S/C19H17N3O4S/c1-3-26-15-8-6-14(7-9-15)20-19-21-18(23)17(27-19)11-13-5-4-12(2)16(10-13)22(24)25/h4-11H,3H2,1-2H3,(H,20,21,23). The van der Waals surface area contributed by atoms with Crippen molar-refractivity contribution in [2.75, 3.05) is 6.61 Å². The first-order valence-electron chi connectivity index (χ1n) is 8.23. The number of carbonyl (C=O) groups is 1. The lowest BCUT2D eigenvalue weighted by Crippen LogP contribution is -2.19. The maximum Gasteiger partial charge on any atom is 0.272 e. The molecule has 1 saturated heterocycles. The molecule has 0 radical (unpaired) electrons. The van der Waals surface area contributed by atoms with Gasteiger partial charge in [-0.05, 0) is 61.5 Å². The average Bonchev–Trinajstić information content (AvgIpc) is 2.97. The Morgan fingerprint density at radius 2 is 2.00 bits per heavy atom. The second-order valence-electron chi connectivity index (χ2n) is 5.71. The SMILES string of the molecule is CCOc1ccc(N=C2NC(=O)C(=Cc3ccc(C)c([N+](=O)[O-])c3)S2)cc1. The van der Waals surface area contributed by atoms with E-state index < -0.39 is 4.92 Å². The average molecular weight is 383 g/mol. The number of carbonyl (C=O) groups excluding carboxylic acids is 1. The highest BCUT2D eigenvalue weighted by Crippen LogP contribution is 2.30. The van der Waals surface area contributed by atoms with Crippen LogP contribution in [-0.4, -0.2) is 22.6 Å². The van der Waals surface area contributed by atoms with Gasteiger partial charge in [0.25, 0.3) is 11.6 Å². The fourth-order valence-electron chi connectivity index (χ4n) is 2.45. The van der Waals surface area contributed by atoms with Gasteiger partial charge in [-0.15, -0.1) is 0 Å². The second-order valence-corrected chi connectivity index (χ2v) is 6.74. The van der Waals surface area contributed by atoms with Crippen LogP contribution in [0.3, 0.4) is 0 Å². The molecule has 2 aromatic carbocycles. The third kappa shape index (κ3) is 4.53. The van der Waals surface area contributed by atoms with E-state index >= 15 is 0 Å². The number of rotatable bonds is 5. The fourth-order valence-corrected chi connectivity index (χ4v) is 3.29. The van der Waals surface area contributed by atoms with Gasteiger partial charge in [0.2, 0.25) is 0 Å². The highest BCUT2D eigenvalue weighted by molar-refractivity contribution is 8.18. The number of aliphatic imine (C=N–C) groups is 1. The maximum absolute atomic E-state index is 12.2. The van der Waals surface area contributed by atoms with Crippen LogP contribution in [0.2, 0.25) is 0 Å². The molecule has 0 aliphatic carbocycles. The molecule has 138 valence electrons. The molecule has 0 aromatic heterocycles. The molecule has 1 N–H and O–H groups in total. The van der Waals surface area contributed by atoms with E-state index in [1.807, 2.05) is 19.1 Å². The van der Waals surface area contributed by atoms with E-state index in [1.54, 1.807) is 37.3 Å². The zero-order valence-corrected chi connectivity index (χ0v) is 15.6. The Morgan fingerprint density at radius 3 is 2.67 bits per heavy atom. The zero-order chi connectivity index (χ0) is 19.4. The summed E-state index contributed by atoms with van der Waals surface area (Å²) in [4.78, 5) is 27.6. The molecule has 1 fully saturated rings. The van der Waals surface area contributed by atoms with Crippen LogP contribution in [0, 0.1) is 17.0 Å². The van der Waals surface area contributed by atoms with Crippen molar-refractivity contribution in [3.05, 3.63) is 68.6 Å². The summed E-state index contributed by atoms with van der Waals surface area (Å²) in [6, 6.07) is 12.1. The molecule has 0 unspecified atom stereocenters. The number of aryl methyl sites for hydroxylation is 1. The van der Waals surface area contributed by atoms with Crippen LogP contribution in [0.1, 0.15) is 18.1 Å². The van der Waals surface area contributed by atoms with E-state index in [1.165, 1.54) is 17.8 Å². The number of nitrogens with one attached hydrogen (secondary N) is 1. The van der Waals surface area contributed by atoms with Crippen LogP contribution in [0.4, 0.5) is 11.4 Å². The quantitative estimate of drug-likeness (QED) is 0.475. The maximum atomic E-state index is 12.2. The number of amides is 1. The van der Waals surface area contributed by atoms with Gasteiger partial charge in [-0.2, -0.15) is 0 Å².